The molecule has 1 aromatic heterocycles. The number of nitro benzene ring substituents is 1. The number of carbonyl (C=O) groups excluding carboxylic acids is 1. The summed E-state index contributed by atoms with van der Waals surface area (Å²) in [6, 6.07) is 17.2. The largest absolute Gasteiger partial charge is 0.497 e. The van der Waals surface area contributed by atoms with E-state index in [0.29, 0.717) is 35.5 Å². The Morgan fingerprint density at radius 2 is 1.80 bits per heavy atom. The zero-order chi connectivity index (χ0) is 29.3. The van der Waals surface area contributed by atoms with E-state index in [1.54, 1.807) is 37.3 Å². The van der Waals surface area contributed by atoms with Crippen molar-refractivity contribution in [1.82, 2.24) is 14.5 Å². The van der Waals surface area contributed by atoms with Crippen LogP contribution in [0.1, 0.15) is 34.5 Å². The van der Waals surface area contributed by atoms with Gasteiger partial charge in [-0.3, -0.25) is 14.9 Å². The summed E-state index contributed by atoms with van der Waals surface area (Å²) in [6.07, 6.45) is 1.35. The summed E-state index contributed by atoms with van der Waals surface area (Å²) in [4.78, 5) is 23.7. The van der Waals surface area contributed by atoms with Crippen LogP contribution in [0.3, 0.4) is 0 Å². The molecule has 4 aromatic rings. The first kappa shape index (κ1) is 27.8. The van der Waals surface area contributed by atoms with Crippen molar-refractivity contribution >= 4 is 27.3 Å². The maximum atomic E-state index is 13.3. The highest BCUT2D eigenvalue weighted by atomic mass is 32.2. The minimum absolute atomic E-state index is 0.0414. The van der Waals surface area contributed by atoms with E-state index in [9.17, 15) is 23.3 Å². The summed E-state index contributed by atoms with van der Waals surface area (Å²) in [5.41, 5.74) is 1.99. The lowest BCUT2D eigenvalue weighted by atomic mass is 10.2. The number of ether oxygens (including phenoxy) is 2. The first-order valence-electron chi connectivity index (χ1n) is 12.7. The fourth-order valence-corrected chi connectivity index (χ4v) is 5.57. The maximum Gasteiger partial charge on any atom is 0.276 e. The number of aryl methyl sites for hydroxylation is 1. The van der Waals surface area contributed by atoms with Crippen LogP contribution >= 0.6 is 0 Å². The molecule has 1 amide bonds. The third-order valence-corrected chi connectivity index (χ3v) is 7.95. The van der Waals surface area contributed by atoms with E-state index in [1.165, 1.54) is 17.9 Å². The molecule has 1 heterocycles. The lowest BCUT2D eigenvalue weighted by Gasteiger charge is -2.14. The SMILES string of the molecule is COc1ccc(-n2nc(C(=O)Nc3cccc(C)c3)c(C)c2Oc2ccc([N+](=O)[O-])cc2S(=O)(=O)NC2CC2)cc1. The van der Waals surface area contributed by atoms with Gasteiger partial charge in [0.05, 0.1) is 17.7 Å². The zero-order valence-electron chi connectivity index (χ0n) is 22.5. The Kier molecular flexibility index (Phi) is 7.47. The topological polar surface area (TPSA) is 155 Å². The highest BCUT2D eigenvalue weighted by Crippen LogP contribution is 2.37. The summed E-state index contributed by atoms with van der Waals surface area (Å²) < 4.78 is 41.7. The van der Waals surface area contributed by atoms with Crippen molar-refractivity contribution in [3.05, 3.63) is 93.7 Å². The van der Waals surface area contributed by atoms with Crippen LogP contribution in [-0.4, -0.2) is 42.2 Å². The molecule has 0 aliphatic heterocycles. The molecule has 0 unspecified atom stereocenters. The molecule has 41 heavy (non-hydrogen) atoms. The Balaban J connectivity index is 1.60. The fraction of sp³-hybridized carbons (Fsp3) is 0.214. The number of aromatic nitrogens is 2. The summed E-state index contributed by atoms with van der Waals surface area (Å²) in [7, 11) is -2.63. The Labute approximate surface area is 236 Å². The van der Waals surface area contributed by atoms with Crippen molar-refractivity contribution in [2.75, 3.05) is 12.4 Å². The van der Waals surface area contributed by atoms with Gasteiger partial charge < -0.3 is 14.8 Å². The highest BCUT2D eigenvalue weighted by molar-refractivity contribution is 7.89. The summed E-state index contributed by atoms with van der Waals surface area (Å²) in [6.45, 7) is 3.52. The lowest BCUT2D eigenvalue weighted by molar-refractivity contribution is -0.385. The quantitative estimate of drug-likeness (QED) is 0.199. The number of carbonyl (C=O) groups is 1. The van der Waals surface area contributed by atoms with E-state index in [2.05, 4.69) is 15.1 Å². The summed E-state index contributed by atoms with van der Waals surface area (Å²) >= 11 is 0. The summed E-state index contributed by atoms with van der Waals surface area (Å²) in [5.74, 6) is -0.0157. The number of hydrogen-bond donors (Lipinski definition) is 2. The van der Waals surface area contributed by atoms with Crippen molar-refractivity contribution in [3.63, 3.8) is 0 Å². The van der Waals surface area contributed by atoms with Crippen LogP contribution < -0.4 is 19.5 Å². The Bertz CT molecular complexity index is 1750. The molecule has 1 aliphatic carbocycles. The van der Waals surface area contributed by atoms with Crippen LogP contribution in [0.25, 0.3) is 5.69 Å². The normalized spacial score (nSPS) is 13.0. The maximum absolute atomic E-state index is 13.3. The Hall–Kier alpha value is -4.75. The molecule has 12 nitrogen and oxygen atoms in total. The molecule has 3 aromatic carbocycles. The van der Waals surface area contributed by atoms with Crippen LogP contribution in [0.2, 0.25) is 0 Å². The van der Waals surface area contributed by atoms with Gasteiger partial charge in [0.25, 0.3) is 11.6 Å². The third kappa shape index (κ3) is 6.05. The van der Waals surface area contributed by atoms with E-state index >= 15 is 0 Å². The van der Waals surface area contributed by atoms with Gasteiger partial charge in [-0.1, -0.05) is 12.1 Å². The van der Waals surface area contributed by atoms with Gasteiger partial charge in [0, 0.05) is 29.4 Å². The van der Waals surface area contributed by atoms with Crippen LogP contribution in [0.15, 0.2) is 71.6 Å². The van der Waals surface area contributed by atoms with Gasteiger partial charge in [-0.15, -0.1) is 0 Å². The average molecular weight is 578 g/mol. The Morgan fingerprint density at radius 3 is 2.44 bits per heavy atom. The Morgan fingerprint density at radius 1 is 1.07 bits per heavy atom. The first-order valence-corrected chi connectivity index (χ1v) is 14.1. The number of methoxy groups -OCH3 is 1. The van der Waals surface area contributed by atoms with Crippen molar-refractivity contribution in [2.45, 2.75) is 37.6 Å². The van der Waals surface area contributed by atoms with Crippen LogP contribution in [0, 0.1) is 24.0 Å². The van der Waals surface area contributed by atoms with Gasteiger partial charge >= 0.3 is 0 Å². The first-order chi connectivity index (χ1) is 19.6. The van der Waals surface area contributed by atoms with Crippen molar-refractivity contribution in [1.29, 1.82) is 0 Å². The number of non-ortho nitro benzene ring substituents is 1. The van der Waals surface area contributed by atoms with E-state index in [4.69, 9.17) is 9.47 Å². The van der Waals surface area contributed by atoms with Crippen LogP contribution in [0.4, 0.5) is 11.4 Å². The molecule has 2 N–H and O–H groups in total. The molecule has 0 saturated heterocycles. The number of amides is 1. The molecule has 13 heteroatoms. The molecule has 0 spiro atoms. The number of anilines is 1. The van der Waals surface area contributed by atoms with Crippen molar-refractivity contribution in [2.24, 2.45) is 0 Å². The van der Waals surface area contributed by atoms with E-state index < -0.39 is 31.4 Å². The molecule has 1 saturated carbocycles. The molecule has 1 aliphatic rings. The second-order valence-corrected chi connectivity index (χ2v) is 11.3. The monoisotopic (exact) mass is 577 g/mol. The fourth-order valence-electron chi connectivity index (χ4n) is 4.12. The molecule has 0 atom stereocenters. The second kappa shape index (κ2) is 11.0. The van der Waals surface area contributed by atoms with E-state index in [1.807, 2.05) is 25.1 Å². The second-order valence-electron chi connectivity index (χ2n) is 9.60. The van der Waals surface area contributed by atoms with E-state index in [0.717, 1.165) is 17.7 Å². The number of hydrogen-bond acceptors (Lipinski definition) is 8. The predicted octanol–water partition coefficient (Wildman–Crippen LogP) is 4.89. The third-order valence-electron chi connectivity index (χ3n) is 6.41. The minimum Gasteiger partial charge on any atom is -0.497 e. The van der Waals surface area contributed by atoms with E-state index in [-0.39, 0.29) is 23.4 Å². The van der Waals surface area contributed by atoms with Crippen LogP contribution in [0.5, 0.6) is 17.4 Å². The van der Waals surface area contributed by atoms with Gasteiger partial charge in [0.2, 0.25) is 15.9 Å². The minimum atomic E-state index is -4.16. The van der Waals surface area contributed by atoms with Gasteiger partial charge in [-0.05, 0) is 74.7 Å². The lowest BCUT2D eigenvalue weighted by Crippen LogP contribution is -2.26. The summed E-state index contributed by atoms with van der Waals surface area (Å²) in [5, 5.41) is 18.8. The molecule has 0 radical (unpaired) electrons. The molecule has 212 valence electrons. The zero-order valence-corrected chi connectivity index (χ0v) is 23.3. The van der Waals surface area contributed by atoms with Gasteiger partial charge in [0.15, 0.2) is 5.69 Å². The molecular weight excluding hydrogens is 550 g/mol. The molecule has 5 rings (SSSR count). The average Bonchev–Trinajstić information content (AvgIpc) is 3.69. The number of benzene rings is 3. The van der Waals surface area contributed by atoms with Gasteiger partial charge in [-0.25, -0.2) is 13.1 Å². The number of rotatable bonds is 10. The number of nitrogens with zero attached hydrogens (tertiary/aromatic N) is 3. The predicted molar refractivity (Wildman–Crippen MR) is 150 cm³/mol. The van der Waals surface area contributed by atoms with Crippen molar-refractivity contribution in [3.8, 4) is 23.1 Å². The van der Waals surface area contributed by atoms with Crippen LogP contribution in [-0.2, 0) is 10.0 Å². The highest BCUT2D eigenvalue weighted by Gasteiger charge is 2.32. The number of nitrogens with one attached hydrogen (secondary N) is 2. The molecule has 1 fully saturated rings. The molecule has 0 bridgehead atoms. The smallest absolute Gasteiger partial charge is 0.276 e. The van der Waals surface area contributed by atoms with Gasteiger partial charge in [0.1, 0.15) is 16.4 Å². The molecular formula is C28H27N5O7S. The number of nitro groups is 1. The number of sulfonamides is 1. The van der Waals surface area contributed by atoms with Gasteiger partial charge in [-0.2, -0.15) is 9.78 Å². The standard InChI is InChI=1S/C28H27N5O7S/c1-17-5-4-6-20(15-17)29-27(34)26-18(2)28(32(30-26)21-9-12-23(39-3)13-10-21)40-24-14-11-22(33(35)36)16-25(24)41(37,38)31-19-7-8-19/h4-6,9-16,19,31H,7-8H2,1-3H3,(H,29,34). The van der Waals surface area contributed by atoms with Crippen molar-refractivity contribution < 1.29 is 27.6 Å².